The van der Waals surface area contributed by atoms with Crippen molar-refractivity contribution >= 4 is 5.97 Å². The molecule has 3 N–H and O–H groups in total. The Morgan fingerprint density at radius 2 is 2.24 bits per heavy atom. The molecule has 1 aromatic rings. The maximum absolute atomic E-state index is 10.8. The third-order valence-electron chi connectivity index (χ3n) is 2.77. The first kappa shape index (κ1) is 13.7. The van der Waals surface area contributed by atoms with E-state index in [2.05, 4.69) is 5.32 Å². The summed E-state index contributed by atoms with van der Waals surface area (Å²) in [5.74, 6) is -0.0265. The molecule has 1 aromatic heterocycles. The Kier molecular flexibility index (Phi) is 4.31. The predicted molar refractivity (Wildman–Crippen MR) is 63.0 cm³/mol. The number of hydrogen-bond donors (Lipinski definition) is 3. The van der Waals surface area contributed by atoms with Gasteiger partial charge in [-0.05, 0) is 26.3 Å². The SMILES string of the molecule is CCC(C)(O)CNCc1cc(C(=O)O)c(C)o1. The lowest BCUT2D eigenvalue weighted by molar-refractivity contribution is 0.0551. The molecular formula is C12H19NO4. The van der Waals surface area contributed by atoms with Gasteiger partial charge in [0, 0.05) is 6.54 Å². The first-order valence-electron chi connectivity index (χ1n) is 5.61. The molecule has 0 spiro atoms. The van der Waals surface area contributed by atoms with Gasteiger partial charge < -0.3 is 19.9 Å². The van der Waals surface area contributed by atoms with Crippen molar-refractivity contribution in [2.24, 2.45) is 0 Å². The quantitative estimate of drug-likeness (QED) is 0.703. The topological polar surface area (TPSA) is 82.7 Å². The molecular weight excluding hydrogens is 222 g/mol. The maximum Gasteiger partial charge on any atom is 0.339 e. The van der Waals surface area contributed by atoms with Crippen molar-refractivity contribution in [1.82, 2.24) is 5.32 Å². The van der Waals surface area contributed by atoms with E-state index in [4.69, 9.17) is 9.52 Å². The van der Waals surface area contributed by atoms with Crippen molar-refractivity contribution in [2.45, 2.75) is 39.3 Å². The highest BCUT2D eigenvalue weighted by molar-refractivity contribution is 5.88. The summed E-state index contributed by atoms with van der Waals surface area (Å²) in [4.78, 5) is 10.8. The van der Waals surface area contributed by atoms with Crippen LogP contribution >= 0.6 is 0 Å². The summed E-state index contributed by atoms with van der Waals surface area (Å²) in [5.41, 5.74) is -0.568. The molecule has 5 heteroatoms. The fraction of sp³-hybridized carbons (Fsp3) is 0.583. The molecule has 1 heterocycles. The normalized spacial score (nSPS) is 14.6. The number of aromatic carboxylic acids is 1. The number of nitrogens with one attached hydrogen (secondary N) is 1. The van der Waals surface area contributed by atoms with Gasteiger partial charge in [-0.2, -0.15) is 0 Å². The third kappa shape index (κ3) is 3.87. The van der Waals surface area contributed by atoms with Gasteiger partial charge in [-0.1, -0.05) is 6.92 Å². The van der Waals surface area contributed by atoms with Gasteiger partial charge in [0.1, 0.15) is 17.1 Å². The highest BCUT2D eigenvalue weighted by Crippen LogP contribution is 2.14. The van der Waals surface area contributed by atoms with Crippen LogP contribution in [0.3, 0.4) is 0 Å². The molecule has 0 aliphatic carbocycles. The van der Waals surface area contributed by atoms with E-state index in [0.717, 1.165) is 0 Å². The highest BCUT2D eigenvalue weighted by Gasteiger charge is 2.18. The van der Waals surface area contributed by atoms with E-state index >= 15 is 0 Å². The molecule has 0 saturated heterocycles. The van der Waals surface area contributed by atoms with Crippen molar-refractivity contribution < 1.29 is 19.4 Å². The van der Waals surface area contributed by atoms with E-state index in [1.165, 1.54) is 6.07 Å². The van der Waals surface area contributed by atoms with Gasteiger partial charge in [-0.3, -0.25) is 0 Å². The molecule has 17 heavy (non-hydrogen) atoms. The van der Waals surface area contributed by atoms with Crippen LogP contribution in [0.2, 0.25) is 0 Å². The highest BCUT2D eigenvalue weighted by atomic mass is 16.4. The number of rotatable bonds is 6. The summed E-state index contributed by atoms with van der Waals surface area (Å²) >= 11 is 0. The summed E-state index contributed by atoms with van der Waals surface area (Å²) in [7, 11) is 0. The Hall–Kier alpha value is -1.33. The number of carboxylic acid groups (broad SMARTS) is 1. The standard InChI is InChI=1S/C12H19NO4/c1-4-12(3,16)7-13-6-9-5-10(11(14)15)8(2)17-9/h5,13,16H,4,6-7H2,1-3H3,(H,14,15). The van der Waals surface area contributed by atoms with Gasteiger partial charge in [-0.15, -0.1) is 0 Å². The van der Waals surface area contributed by atoms with Crippen LogP contribution in [0.4, 0.5) is 0 Å². The molecule has 0 saturated carbocycles. The molecule has 1 atom stereocenters. The summed E-state index contributed by atoms with van der Waals surface area (Å²) in [5, 5.41) is 21.6. The number of furan rings is 1. The lowest BCUT2D eigenvalue weighted by Gasteiger charge is -2.21. The molecule has 0 bridgehead atoms. The van der Waals surface area contributed by atoms with Crippen LogP contribution in [0.25, 0.3) is 0 Å². The zero-order valence-electron chi connectivity index (χ0n) is 10.4. The van der Waals surface area contributed by atoms with Gasteiger partial charge >= 0.3 is 5.97 Å². The molecule has 0 fully saturated rings. The smallest absolute Gasteiger partial charge is 0.339 e. The molecule has 1 rings (SSSR count). The van der Waals surface area contributed by atoms with E-state index < -0.39 is 11.6 Å². The molecule has 0 radical (unpaired) electrons. The number of carboxylic acids is 1. The van der Waals surface area contributed by atoms with Crippen molar-refractivity contribution in [3.05, 3.63) is 23.2 Å². The third-order valence-corrected chi connectivity index (χ3v) is 2.77. The Bertz CT molecular complexity index is 395. The number of aliphatic hydroxyl groups is 1. The summed E-state index contributed by atoms with van der Waals surface area (Å²) in [6, 6.07) is 1.51. The minimum absolute atomic E-state index is 0.184. The van der Waals surface area contributed by atoms with E-state index in [1.807, 2.05) is 6.92 Å². The van der Waals surface area contributed by atoms with Crippen molar-refractivity contribution in [1.29, 1.82) is 0 Å². The Labute approximate surface area is 100 Å². The number of carbonyl (C=O) groups is 1. The van der Waals surface area contributed by atoms with Crippen LogP contribution in [0.15, 0.2) is 10.5 Å². The Balaban J connectivity index is 2.53. The monoisotopic (exact) mass is 241 g/mol. The second kappa shape index (κ2) is 5.33. The maximum atomic E-state index is 10.8. The van der Waals surface area contributed by atoms with Crippen LogP contribution in [-0.2, 0) is 6.54 Å². The molecule has 96 valence electrons. The van der Waals surface area contributed by atoms with Crippen LogP contribution in [0.1, 0.15) is 42.1 Å². The molecule has 1 unspecified atom stereocenters. The van der Waals surface area contributed by atoms with E-state index in [1.54, 1.807) is 13.8 Å². The Morgan fingerprint density at radius 1 is 1.59 bits per heavy atom. The minimum atomic E-state index is -0.988. The fourth-order valence-electron chi connectivity index (χ4n) is 1.42. The number of aryl methyl sites for hydroxylation is 1. The van der Waals surface area contributed by atoms with Crippen LogP contribution in [0.5, 0.6) is 0 Å². The Morgan fingerprint density at radius 3 is 2.71 bits per heavy atom. The van der Waals surface area contributed by atoms with Gasteiger partial charge in [0.25, 0.3) is 0 Å². The zero-order chi connectivity index (χ0) is 13.1. The molecule has 0 amide bonds. The van der Waals surface area contributed by atoms with Gasteiger partial charge in [0.2, 0.25) is 0 Å². The minimum Gasteiger partial charge on any atom is -0.478 e. The molecule has 5 nitrogen and oxygen atoms in total. The van der Waals surface area contributed by atoms with Crippen LogP contribution in [0, 0.1) is 6.92 Å². The lowest BCUT2D eigenvalue weighted by Crippen LogP contribution is -2.36. The summed E-state index contributed by atoms with van der Waals surface area (Å²) in [6.07, 6.45) is 0.650. The van der Waals surface area contributed by atoms with Gasteiger partial charge in [0.15, 0.2) is 0 Å². The fourth-order valence-corrected chi connectivity index (χ4v) is 1.42. The molecule has 0 aliphatic heterocycles. The van der Waals surface area contributed by atoms with Crippen molar-refractivity contribution in [2.75, 3.05) is 6.54 Å². The van der Waals surface area contributed by atoms with Crippen molar-refractivity contribution in [3.8, 4) is 0 Å². The first-order chi connectivity index (χ1) is 7.85. The average molecular weight is 241 g/mol. The predicted octanol–water partition coefficient (Wildman–Crippen LogP) is 1.54. The molecule has 0 aromatic carbocycles. The zero-order valence-corrected chi connectivity index (χ0v) is 10.4. The largest absolute Gasteiger partial charge is 0.478 e. The second-order valence-corrected chi connectivity index (χ2v) is 4.44. The van der Waals surface area contributed by atoms with Gasteiger partial charge in [-0.25, -0.2) is 4.79 Å². The number of hydrogen-bond acceptors (Lipinski definition) is 4. The van der Waals surface area contributed by atoms with E-state index in [9.17, 15) is 9.90 Å². The lowest BCUT2D eigenvalue weighted by atomic mass is 10.0. The summed E-state index contributed by atoms with van der Waals surface area (Å²) < 4.78 is 5.30. The van der Waals surface area contributed by atoms with E-state index in [0.29, 0.717) is 31.0 Å². The van der Waals surface area contributed by atoms with E-state index in [-0.39, 0.29) is 5.56 Å². The van der Waals surface area contributed by atoms with Crippen molar-refractivity contribution in [3.63, 3.8) is 0 Å². The van der Waals surface area contributed by atoms with Gasteiger partial charge in [0.05, 0.1) is 12.1 Å². The summed E-state index contributed by atoms with van der Waals surface area (Å²) in [6.45, 7) is 6.11. The molecule has 0 aliphatic rings. The first-order valence-corrected chi connectivity index (χ1v) is 5.61. The average Bonchev–Trinajstić information content (AvgIpc) is 2.59. The van der Waals surface area contributed by atoms with Crippen LogP contribution in [-0.4, -0.2) is 28.3 Å². The second-order valence-electron chi connectivity index (χ2n) is 4.44. The van der Waals surface area contributed by atoms with Crippen LogP contribution < -0.4 is 5.32 Å².